The van der Waals surface area contributed by atoms with Crippen molar-refractivity contribution in [3.63, 3.8) is 0 Å². The van der Waals surface area contributed by atoms with Crippen LogP contribution in [0, 0.1) is 6.92 Å². The molecule has 0 saturated heterocycles. The molecule has 1 aliphatic rings. The van der Waals surface area contributed by atoms with Gasteiger partial charge in [0.25, 0.3) is 5.91 Å². The summed E-state index contributed by atoms with van der Waals surface area (Å²) in [5.74, 6) is -1.22. The van der Waals surface area contributed by atoms with Gasteiger partial charge < -0.3 is 10.0 Å². The summed E-state index contributed by atoms with van der Waals surface area (Å²) in [5.41, 5.74) is 3.27. The monoisotopic (exact) mass is 313 g/mol. The summed E-state index contributed by atoms with van der Waals surface area (Å²) in [6.07, 6.45) is 3.26. The third-order valence-electron chi connectivity index (χ3n) is 4.23. The number of aromatic nitrogens is 2. The topological polar surface area (TPSA) is 75.4 Å². The number of anilines is 1. The van der Waals surface area contributed by atoms with Crippen molar-refractivity contribution in [2.24, 2.45) is 0 Å². The molecule has 1 aromatic carbocycles. The lowest BCUT2D eigenvalue weighted by Gasteiger charge is -2.32. The molecular weight excluding hydrogens is 294 g/mol. The van der Waals surface area contributed by atoms with E-state index in [1.54, 1.807) is 11.8 Å². The Hall–Kier alpha value is -2.63. The highest BCUT2D eigenvalue weighted by Crippen LogP contribution is 2.30. The standard InChI is InChI=1S/C17H19N3O3/c1-11-5-6-14-13(10-11)4-3-9-19(14)16(21)12(2)20-15(17(22)23)7-8-18-20/h5-8,10,12H,3-4,9H2,1-2H3,(H,22,23). The predicted octanol–water partition coefficient (Wildman–Crippen LogP) is 2.43. The van der Waals surface area contributed by atoms with Gasteiger partial charge in [0.2, 0.25) is 0 Å². The first-order valence-electron chi connectivity index (χ1n) is 7.66. The Labute approximate surface area is 134 Å². The van der Waals surface area contributed by atoms with E-state index in [9.17, 15) is 14.7 Å². The lowest BCUT2D eigenvalue weighted by atomic mass is 9.99. The van der Waals surface area contributed by atoms with E-state index in [1.165, 1.54) is 22.5 Å². The third kappa shape index (κ3) is 2.72. The number of amides is 1. The second-order valence-corrected chi connectivity index (χ2v) is 5.87. The van der Waals surface area contributed by atoms with E-state index in [1.807, 2.05) is 19.1 Å². The molecular formula is C17H19N3O3. The van der Waals surface area contributed by atoms with Crippen molar-refractivity contribution in [1.29, 1.82) is 0 Å². The molecule has 0 bridgehead atoms. The van der Waals surface area contributed by atoms with E-state index >= 15 is 0 Å². The van der Waals surface area contributed by atoms with Gasteiger partial charge in [-0.2, -0.15) is 5.10 Å². The van der Waals surface area contributed by atoms with Gasteiger partial charge in [0, 0.05) is 18.4 Å². The van der Waals surface area contributed by atoms with Crippen LogP contribution in [-0.2, 0) is 11.2 Å². The summed E-state index contributed by atoms with van der Waals surface area (Å²) in [6.45, 7) is 4.36. The van der Waals surface area contributed by atoms with E-state index in [4.69, 9.17) is 0 Å². The van der Waals surface area contributed by atoms with Crippen LogP contribution in [0.15, 0.2) is 30.5 Å². The quantitative estimate of drug-likeness (QED) is 0.944. The predicted molar refractivity (Wildman–Crippen MR) is 85.8 cm³/mol. The molecule has 0 radical (unpaired) electrons. The Kier molecular flexibility index (Phi) is 3.90. The maximum Gasteiger partial charge on any atom is 0.354 e. The summed E-state index contributed by atoms with van der Waals surface area (Å²) in [4.78, 5) is 25.9. The Morgan fingerprint density at radius 3 is 2.83 bits per heavy atom. The van der Waals surface area contributed by atoms with Gasteiger partial charge in [0.05, 0.1) is 0 Å². The molecule has 1 N–H and O–H groups in total. The molecule has 1 aromatic heterocycles. The van der Waals surface area contributed by atoms with Gasteiger partial charge in [-0.25, -0.2) is 9.48 Å². The molecule has 3 rings (SSSR count). The van der Waals surface area contributed by atoms with Crippen molar-refractivity contribution in [1.82, 2.24) is 9.78 Å². The van der Waals surface area contributed by atoms with Crippen molar-refractivity contribution in [2.45, 2.75) is 32.7 Å². The van der Waals surface area contributed by atoms with Crippen LogP contribution in [0.25, 0.3) is 0 Å². The molecule has 1 aliphatic heterocycles. The third-order valence-corrected chi connectivity index (χ3v) is 4.23. The van der Waals surface area contributed by atoms with Gasteiger partial charge in [-0.3, -0.25) is 4.79 Å². The van der Waals surface area contributed by atoms with Gasteiger partial charge in [0.1, 0.15) is 11.7 Å². The minimum absolute atomic E-state index is 0.0204. The normalized spacial score (nSPS) is 15.1. The van der Waals surface area contributed by atoms with Crippen molar-refractivity contribution in [2.75, 3.05) is 11.4 Å². The lowest BCUT2D eigenvalue weighted by Crippen LogP contribution is -2.40. The minimum Gasteiger partial charge on any atom is -0.477 e. The van der Waals surface area contributed by atoms with Crippen LogP contribution in [0.2, 0.25) is 0 Å². The van der Waals surface area contributed by atoms with Crippen molar-refractivity contribution >= 4 is 17.6 Å². The van der Waals surface area contributed by atoms with Crippen LogP contribution in [-0.4, -0.2) is 33.3 Å². The fraction of sp³-hybridized carbons (Fsp3) is 0.353. The summed E-state index contributed by atoms with van der Waals surface area (Å²) >= 11 is 0. The molecule has 0 spiro atoms. The Morgan fingerprint density at radius 1 is 1.30 bits per heavy atom. The average Bonchev–Trinajstić information content (AvgIpc) is 3.02. The average molecular weight is 313 g/mol. The van der Waals surface area contributed by atoms with Gasteiger partial charge in [-0.05, 0) is 44.4 Å². The number of carbonyl (C=O) groups excluding carboxylic acids is 1. The largest absolute Gasteiger partial charge is 0.477 e. The molecule has 1 unspecified atom stereocenters. The van der Waals surface area contributed by atoms with Crippen LogP contribution in [0.1, 0.15) is 41.0 Å². The second kappa shape index (κ2) is 5.87. The first-order chi connectivity index (χ1) is 11.0. The zero-order valence-electron chi connectivity index (χ0n) is 13.2. The minimum atomic E-state index is -1.09. The fourth-order valence-electron chi connectivity index (χ4n) is 3.08. The number of fused-ring (bicyclic) bond motifs is 1. The summed E-state index contributed by atoms with van der Waals surface area (Å²) < 4.78 is 1.27. The fourth-order valence-corrected chi connectivity index (χ4v) is 3.08. The zero-order valence-corrected chi connectivity index (χ0v) is 13.2. The van der Waals surface area contributed by atoms with Gasteiger partial charge in [0.15, 0.2) is 0 Å². The van der Waals surface area contributed by atoms with Crippen LogP contribution >= 0.6 is 0 Å². The number of aromatic carboxylic acids is 1. The number of hydrogen-bond acceptors (Lipinski definition) is 3. The molecule has 0 aliphatic carbocycles. The van der Waals surface area contributed by atoms with Crippen molar-refractivity contribution in [3.8, 4) is 0 Å². The van der Waals surface area contributed by atoms with E-state index in [-0.39, 0.29) is 11.6 Å². The Morgan fingerprint density at radius 2 is 2.09 bits per heavy atom. The molecule has 2 aromatic rings. The molecule has 6 heteroatoms. The molecule has 23 heavy (non-hydrogen) atoms. The molecule has 120 valence electrons. The van der Waals surface area contributed by atoms with E-state index in [2.05, 4.69) is 11.2 Å². The van der Waals surface area contributed by atoms with Crippen LogP contribution in [0.3, 0.4) is 0 Å². The second-order valence-electron chi connectivity index (χ2n) is 5.87. The number of carbonyl (C=O) groups is 2. The maximum absolute atomic E-state index is 12.9. The smallest absolute Gasteiger partial charge is 0.354 e. The lowest BCUT2D eigenvalue weighted by molar-refractivity contribution is -0.121. The summed E-state index contributed by atoms with van der Waals surface area (Å²) in [7, 11) is 0. The summed E-state index contributed by atoms with van der Waals surface area (Å²) in [5, 5.41) is 13.2. The van der Waals surface area contributed by atoms with E-state index in [0.717, 1.165) is 24.1 Å². The summed E-state index contributed by atoms with van der Waals surface area (Å²) in [6, 6.07) is 6.81. The van der Waals surface area contributed by atoms with Gasteiger partial charge in [-0.15, -0.1) is 0 Å². The van der Waals surface area contributed by atoms with Crippen LogP contribution in [0.5, 0.6) is 0 Å². The maximum atomic E-state index is 12.9. The highest BCUT2D eigenvalue weighted by Gasteiger charge is 2.29. The molecule has 0 saturated carbocycles. The van der Waals surface area contributed by atoms with Crippen LogP contribution < -0.4 is 4.90 Å². The van der Waals surface area contributed by atoms with E-state index in [0.29, 0.717) is 6.54 Å². The first kappa shape index (κ1) is 15.3. The molecule has 1 atom stereocenters. The first-order valence-corrected chi connectivity index (χ1v) is 7.66. The van der Waals surface area contributed by atoms with Gasteiger partial charge >= 0.3 is 5.97 Å². The SMILES string of the molecule is Cc1ccc2c(c1)CCCN2C(=O)C(C)n1nccc1C(=O)O. The van der Waals surface area contributed by atoms with E-state index < -0.39 is 12.0 Å². The molecule has 0 fully saturated rings. The number of aryl methyl sites for hydroxylation is 2. The number of nitrogens with zero attached hydrogens (tertiary/aromatic N) is 3. The molecule has 1 amide bonds. The number of rotatable bonds is 3. The van der Waals surface area contributed by atoms with Gasteiger partial charge in [-0.1, -0.05) is 17.7 Å². The zero-order chi connectivity index (χ0) is 16.6. The number of carboxylic acid groups (broad SMARTS) is 1. The molecule has 2 heterocycles. The number of benzene rings is 1. The highest BCUT2D eigenvalue weighted by molar-refractivity contribution is 5.97. The molecule has 6 nitrogen and oxygen atoms in total. The Bertz CT molecular complexity index is 766. The van der Waals surface area contributed by atoms with Crippen molar-refractivity contribution < 1.29 is 14.7 Å². The number of carboxylic acids is 1. The van der Waals surface area contributed by atoms with Crippen LogP contribution in [0.4, 0.5) is 5.69 Å². The Balaban J connectivity index is 1.92. The van der Waals surface area contributed by atoms with Crippen molar-refractivity contribution in [3.05, 3.63) is 47.3 Å². The number of hydrogen-bond donors (Lipinski definition) is 1. The highest BCUT2D eigenvalue weighted by atomic mass is 16.4.